The summed E-state index contributed by atoms with van der Waals surface area (Å²) < 4.78 is 5.98. The highest BCUT2D eigenvalue weighted by molar-refractivity contribution is 4.96. The zero-order valence-electron chi connectivity index (χ0n) is 11.9. The lowest BCUT2D eigenvalue weighted by molar-refractivity contribution is 0.0520. The lowest BCUT2D eigenvalue weighted by atomic mass is 10.0. The van der Waals surface area contributed by atoms with Crippen LogP contribution in [-0.4, -0.2) is 49.3 Å². The number of hydrogen-bond acceptors (Lipinski definition) is 3. The molecule has 3 unspecified atom stereocenters. The average Bonchev–Trinajstić information content (AvgIpc) is 2.91. The average molecular weight is 252 g/mol. The van der Waals surface area contributed by atoms with E-state index >= 15 is 0 Å². The van der Waals surface area contributed by atoms with Gasteiger partial charge in [-0.15, -0.1) is 0 Å². The maximum atomic E-state index is 5.98. The Kier molecular flexibility index (Phi) is 3.92. The van der Waals surface area contributed by atoms with Crippen LogP contribution in [0.5, 0.6) is 0 Å². The van der Waals surface area contributed by atoms with Crippen LogP contribution in [-0.2, 0) is 4.74 Å². The molecule has 0 radical (unpaired) electrons. The van der Waals surface area contributed by atoms with E-state index in [1.165, 1.54) is 45.3 Å². The number of ether oxygens (including phenoxy) is 1. The lowest BCUT2D eigenvalue weighted by Crippen LogP contribution is -2.41. The van der Waals surface area contributed by atoms with Gasteiger partial charge in [0, 0.05) is 25.2 Å². The van der Waals surface area contributed by atoms with Gasteiger partial charge in [0.1, 0.15) is 0 Å². The molecule has 3 fully saturated rings. The summed E-state index contributed by atoms with van der Waals surface area (Å²) in [5.41, 5.74) is 0. The summed E-state index contributed by atoms with van der Waals surface area (Å²) in [5, 5.41) is 3.59. The third kappa shape index (κ3) is 2.89. The third-order valence-electron chi connectivity index (χ3n) is 4.79. The Balaban J connectivity index is 1.48. The van der Waals surface area contributed by atoms with Crippen molar-refractivity contribution in [2.75, 3.05) is 26.2 Å². The van der Waals surface area contributed by atoms with E-state index in [-0.39, 0.29) is 0 Å². The maximum absolute atomic E-state index is 5.98. The van der Waals surface area contributed by atoms with Crippen molar-refractivity contribution in [2.45, 2.75) is 57.7 Å². The molecule has 0 amide bonds. The van der Waals surface area contributed by atoms with Crippen molar-refractivity contribution in [1.29, 1.82) is 0 Å². The zero-order valence-corrected chi connectivity index (χ0v) is 11.9. The molecule has 3 atom stereocenters. The molecule has 0 aromatic heterocycles. The Morgan fingerprint density at radius 2 is 2.06 bits per heavy atom. The molecule has 2 aliphatic heterocycles. The van der Waals surface area contributed by atoms with Crippen LogP contribution >= 0.6 is 0 Å². The van der Waals surface area contributed by atoms with Gasteiger partial charge in [-0.25, -0.2) is 0 Å². The minimum absolute atomic E-state index is 0.571. The highest BCUT2D eigenvalue weighted by Gasteiger charge is 2.44. The predicted octanol–water partition coefficient (Wildman–Crippen LogP) is 1.87. The highest BCUT2D eigenvalue weighted by Crippen LogP contribution is 2.41. The van der Waals surface area contributed by atoms with Gasteiger partial charge in [-0.2, -0.15) is 0 Å². The van der Waals surface area contributed by atoms with Crippen LogP contribution in [0, 0.1) is 11.8 Å². The Bertz CT molecular complexity index is 278. The largest absolute Gasteiger partial charge is 0.376 e. The fourth-order valence-corrected chi connectivity index (χ4v) is 3.60. The van der Waals surface area contributed by atoms with E-state index in [4.69, 9.17) is 4.74 Å². The lowest BCUT2D eigenvalue weighted by Gasteiger charge is -2.28. The van der Waals surface area contributed by atoms with Gasteiger partial charge in [0.2, 0.25) is 0 Å². The Labute approximate surface area is 111 Å². The molecule has 1 aliphatic carbocycles. The SMILES string of the molecule is CC(C)NCC1CCN(C2CCOC2C2CC2)C1. The minimum Gasteiger partial charge on any atom is -0.376 e. The van der Waals surface area contributed by atoms with E-state index in [0.717, 1.165) is 24.5 Å². The fourth-order valence-electron chi connectivity index (χ4n) is 3.60. The van der Waals surface area contributed by atoms with Crippen LogP contribution in [0.15, 0.2) is 0 Å². The van der Waals surface area contributed by atoms with Crippen LogP contribution in [0.4, 0.5) is 0 Å². The zero-order chi connectivity index (χ0) is 12.5. The standard InChI is InChI=1S/C15H28N2O/c1-11(2)16-9-12-5-7-17(10-12)14-6-8-18-15(14)13-3-4-13/h11-16H,3-10H2,1-2H3. The second-order valence-electron chi connectivity index (χ2n) is 6.74. The molecule has 2 heterocycles. The maximum Gasteiger partial charge on any atom is 0.0759 e. The molecule has 3 aliphatic rings. The van der Waals surface area contributed by atoms with Crippen molar-refractivity contribution in [2.24, 2.45) is 11.8 Å². The Morgan fingerprint density at radius 3 is 2.78 bits per heavy atom. The fraction of sp³-hybridized carbons (Fsp3) is 1.00. The molecule has 0 spiro atoms. The summed E-state index contributed by atoms with van der Waals surface area (Å²) in [4.78, 5) is 2.72. The molecule has 0 bridgehead atoms. The van der Waals surface area contributed by atoms with E-state index < -0.39 is 0 Å². The van der Waals surface area contributed by atoms with Gasteiger partial charge in [-0.05, 0) is 50.6 Å². The Morgan fingerprint density at radius 1 is 1.22 bits per heavy atom. The van der Waals surface area contributed by atoms with Gasteiger partial charge >= 0.3 is 0 Å². The smallest absolute Gasteiger partial charge is 0.0759 e. The van der Waals surface area contributed by atoms with Gasteiger partial charge < -0.3 is 10.1 Å². The third-order valence-corrected chi connectivity index (χ3v) is 4.79. The van der Waals surface area contributed by atoms with Gasteiger partial charge in [-0.3, -0.25) is 4.90 Å². The summed E-state index contributed by atoms with van der Waals surface area (Å²) in [6, 6.07) is 1.36. The molecule has 104 valence electrons. The molecule has 18 heavy (non-hydrogen) atoms. The van der Waals surface area contributed by atoms with Crippen molar-refractivity contribution in [3.63, 3.8) is 0 Å². The summed E-state index contributed by atoms with van der Waals surface area (Å²) in [5.74, 6) is 1.75. The minimum atomic E-state index is 0.571. The van der Waals surface area contributed by atoms with Crippen molar-refractivity contribution in [3.05, 3.63) is 0 Å². The first-order valence-electron chi connectivity index (χ1n) is 7.83. The first-order valence-corrected chi connectivity index (χ1v) is 7.83. The molecular weight excluding hydrogens is 224 g/mol. The molecule has 3 heteroatoms. The number of likely N-dealkylation sites (tertiary alicyclic amines) is 1. The van der Waals surface area contributed by atoms with E-state index in [1.807, 2.05) is 0 Å². The summed E-state index contributed by atoms with van der Waals surface area (Å²) >= 11 is 0. The topological polar surface area (TPSA) is 24.5 Å². The van der Waals surface area contributed by atoms with Crippen molar-refractivity contribution in [3.8, 4) is 0 Å². The van der Waals surface area contributed by atoms with Gasteiger partial charge in [0.15, 0.2) is 0 Å². The normalized spacial score (nSPS) is 37.8. The van der Waals surface area contributed by atoms with E-state index in [1.54, 1.807) is 0 Å². The first kappa shape index (κ1) is 12.9. The quantitative estimate of drug-likeness (QED) is 0.808. The predicted molar refractivity (Wildman–Crippen MR) is 73.7 cm³/mol. The second-order valence-corrected chi connectivity index (χ2v) is 6.74. The van der Waals surface area contributed by atoms with Crippen molar-refractivity contribution < 1.29 is 4.74 Å². The molecule has 0 aromatic rings. The van der Waals surface area contributed by atoms with Gasteiger partial charge in [0.25, 0.3) is 0 Å². The van der Waals surface area contributed by atoms with Crippen LogP contribution in [0.3, 0.4) is 0 Å². The van der Waals surface area contributed by atoms with E-state index in [2.05, 4.69) is 24.1 Å². The second kappa shape index (κ2) is 5.48. The van der Waals surface area contributed by atoms with Crippen LogP contribution in [0.25, 0.3) is 0 Å². The van der Waals surface area contributed by atoms with Crippen LogP contribution in [0.1, 0.15) is 39.5 Å². The van der Waals surface area contributed by atoms with E-state index in [9.17, 15) is 0 Å². The number of rotatable bonds is 5. The number of hydrogen-bond donors (Lipinski definition) is 1. The highest BCUT2D eigenvalue weighted by atomic mass is 16.5. The van der Waals surface area contributed by atoms with E-state index in [0.29, 0.717) is 12.1 Å². The molecule has 3 nitrogen and oxygen atoms in total. The van der Waals surface area contributed by atoms with Crippen LogP contribution in [0.2, 0.25) is 0 Å². The Hall–Kier alpha value is -0.120. The number of nitrogens with zero attached hydrogens (tertiary/aromatic N) is 1. The van der Waals surface area contributed by atoms with Crippen LogP contribution < -0.4 is 5.32 Å². The molecule has 2 saturated heterocycles. The monoisotopic (exact) mass is 252 g/mol. The molecule has 0 aromatic carbocycles. The number of nitrogens with one attached hydrogen (secondary N) is 1. The molecule has 1 N–H and O–H groups in total. The molecule has 3 rings (SSSR count). The van der Waals surface area contributed by atoms with Crippen molar-refractivity contribution >= 4 is 0 Å². The van der Waals surface area contributed by atoms with Crippen molar-refractivity contribution in [1.82, 2.24) is 10.2 Å². The summed E-state index contributed by atoms with van der Waals surface area (Å²) in [7, 11) is 0. The molecular formula is C15H28N2O. The summed E-state index contributed by atoms with van der Waals surface area (Å²) in [6.07, 6.45) is 6.03. The van der Waals surface area contributed by atoms with Gasteiger partial charge in [-0.1, -0.05) is 13.8 Å². The summed E-state index contributed by atoms with van der Waals surface area (Å²) in [6.45, 7) is 9.24. The van der Waals surface area contributed by atoms with Gasteiger partial charge in [0.05, 0.1) is 6.10 Å². The first-order chi connectivity index (χ1) is 8.74. The molecule has 1 saturated carbocycles.